The molecule has 0 aliphatic carbocycles. The lowest BCUT2D eigenvalue weighted by atomic mass is 10.0. The number of hydrogen-bond acceptors (Lipinski definition) is 1. The van der Waals surface area contributed by atoms with E-state index in [1.54, 1.807) is 7.11 Å². The minimum Gasteiger partial charge on any atom is -0.496 e. The fraction of sp³-hybridized carbons (Fsp3) is 0.250. The molecule has 100 valence electrons. The number of halogens is 2. The van der Waals surface area contributed by atoms with Gasteiger partial charge < -0.3 is 4.74 Å². The van der Waals surface area contributed by atoms with Crippen LogP contribution in [0.5, 0.6) is 5.75 Å². The van der Waals surface area contributed by atoms with E-state index < -0.39 is 0 Å². The van der Waals surface area contributed by atoms with Crippen molar-refractivity contribution < 1.29 is 4.74 Å². The van der Waals surface area contributed by atoms with E-state index in [9.17, 15) is 0 Å². The van der Waals surface area contributed by atoms with Crippen LogP contribution in [0.15, 0.2) is 42.5 Å². The SMILES string of the molecule is COc1ccc(C)cc1C(Br)Cc1cccc(Cl)c1. The third kappa shape index (κ3) is 3.74. The number of rotatable bonds is 4. The second-order valence-corrected chi connectivity index (χ2v) is 6.09. The summed E-state index contributed by atoms with van der Waals surface area (Å²) in [5, 5.41) is 0.772. The van der Waals surface area contributed by atoms with Crippen molar-refractivity contribution in [2.45, 2.75) is 18.2 Å². The van der Waals surface area contributed by atoms with Gasteiger partial charge in [0.15, 0.2) is 0 Å². The third-order valence-corrected chi connectivity index (χ3v) is 4.08. The van der Waals surface area contributed by atoms with Gasteiger partial charge in [-0.1, -0.05) is 57.4 Å². The van der Waals surface area contributed by atoms with Gasteiger partial charge in [-0.05, 0) is 37.1 Å². The van der Waals surface area contributed by atoms with Gasteiger partial charge in [-0.15, -0.1) is 0 Å². The van der Waals surface area contributed by atoms with Crippen molar-refractivity contribution in [1.82, 2.24) is 0 Å². The zero-order valence-electron chi connectivity index (χ0n) is 11.0. The summed E-state index contributed by atoms with van der Waals surface area (Å²) in [5.74, 6) is 0.912. The lowest BCUT2D eigenvalue weighted by molar-refractivity contribution is 0.409. The van der Waals surface area contributed by atoms with Gasteiger partial charge in [-0.25, -0.2) is 0 Å². The first-order valence-corrected chi connectivity index (χ1v) is 7.42. The topological polar surface area (TPSA) is 9.23 Å². The molecule has 0 radical (unpaired) electrons. The summed E-state index contributed by atoms with van der Waals surface area (Å²) in [6.45, 7) is 2.09. The molecule has 0 amide bonds. The fourth-order valence-corrected chi connectivity index (χ4v) is 3.02. The summed E-state index contributed by atoms with van der Waals surface area (Å²) in [6.07, 6.45) is 0.875. The van der Waals surface area contributed by atoms with Crippen LogP contribution in [-0.4, -0.2) is 7.11 Å². The van der Waals surface area contributed by atoms with E-state index in [4.69, 9.17) is 16.3 Å². The summed E-state index contributed by atoms with van der Waals surface area (Å²) in [5.41, 5.74) is 3.60. The smallest absolute Gasteiger partial charge is 0.123 e. The van der Waals surface area contributed by atoms with E-state index in [0.717, 1.165) is 17.2 Å². The first-order chi connectivity index (χ1) is 9.10. The molecule has 0 aliphatic heterocycles. The van der Waals surface area contributed by atoms with E-state index >= 15 is 0 Å². The van der Waals surface area contributed by atoms with E-state index in [0.29, 0.717) is 0 Å². The molecule has 1 nitrogen and oxygen atoms in total. The van der Waals surface area contributed by atoms with Crippen LogP contribution in [0.25, 0.3) is 0 Å². The number of benzene rings is 2. The van der Waals surface area contributed by atoms with Gasteiger partial charge in [0, 0.05) is 15.4 Å². The lowest BCUT2D eigenvalue weighted by Crippen LogP contribution is -1.99. The average Bonchev–Trinajstić information content (AvgIpc) is 2.38. The van der Waals surface area contributed by atoms with Crippen LogP contribution >= 0.6 is 27.5 Å². The maximum absolute atomic E-state index is 6.02. The Morgan fingerprint density at radius 1 is 1.21 bits per heavy atom. The molecule has 0 bridgehead atoms. The molecule has 0 N–H and O–H groups in total. The second kappa shape index (κ2) is 6.44. The van der Waals surface area contributed by atoms with Crippen molar-refractivity contribution in [3.05, 3.63) is 64.2 Å². The first kappa shape index (κ1) is 14.4. The Labute approximate surface area is 127 Å². The summed E-state index contributed by atoms with van der Waals surface area (Å²) in [4.78, 5) is 0.209. The minimum atomic E-state index is 0.209. The molecule has 0 spiro atoms. The zero-order valence-corrected chi connectivity index (χ0v) is 13.3. The Bertz CT molecular complexity index is 568. The average molecular weight is 340 g/mol. The molecule has 0 aliphatic rings. The van der Waals surface area contributed by atoms with E-state index in [1.165, 1.54) is 16.7 Å². The van der Waals surface area contributed by atoms with Crippen molar-refractivity contribution in [2.75, 3.05) is 7.11 Å². The number of alkyl halides is 1. The molecule has 0 fully saturated rings. The van der Waals surface area contributed by atoms with Gasteiger partial charge in [0.25, 0.3) is 0 Å². The van der Waals surface area contributed by atoms with Gasteiger partial charge >= 0.3 is 0 Å². The predicted octanol–water partition coefficient (Wildman–Crippen LogP) is 5.34. The number of methoxy groups -OCH3 is 1. The molecule has 0 aromatic heterocycles. The van der Waals surface area contributed by atoms with Crippen LogP contribution in [0.1, 0.15) is 21.5 Å². The maximum atomic E-state index is 6.02. The molecule has 19 heavy (non-hydrogen) atoms. The highest BCUT2D eigenvalue weighted by atomic mass is 79.9. The van der Waals surface area contributed by atoms with Crippen LogP contribution in [0.3, 0.4) is 0 Å². The molecule has 1 atom stereocenters. The van der Waals surface area contributed by atoms with E-state index in [-0.39, 0.29) is 4.83 Å². The van der Waals surface area contributed by atoms with Crippen LogP contribution < -0.4 is 4.74 Å². The van der Waals surface area contributed by atoms with Gasteiger partial charge in [0.2, 0.25) is 0 Å². The fourth-order valence-electron chi connectivity index (χ4n) is 2.08. The zero-order chi connectivity index (χ0) is 13.8. The Morgan fingerprint density at radius 2 is 2.00 bits per heavy atom. The summed E-state index contributed by atoms with van der Waals surface area (Å²) in [7, 11) is 1.70. The normalized spacial score (nSPS) is 12.2. The molecular formula is C16H16BrClO. The number of aryl methyl sites for hydroxylation is 1. The van der Waals surface area contributed by atoms with Crippen molar-refractivity contribution in [3.63, 3.8) is 0 Å². The highest BCUT2D eigenvalue weighted by Gasteiger charge is 2.14. The van der Waals surface area contributed by atoms with Crippen molar-refractivity contribution in [2.24, 2.45) is 0 Å². The first-order valence-electron chi connectivity index (χ1n) is 6.13. The molecule has 2 aromatic carbocycles. The Balaban J connectivity index is 2.24. The molecule has 0 saturated heterocycles. The van der Waals surface area contributed by atoms with Gasteiger partial charge in [-0.2, -0.15) is 0 Å². The molecule has 2 rings (SSSR count). The largest absolute Gasteiger partial charge is 0.496 e. The summed E-state index contributed by atoms with van der Waals surface area (Å²) < 4.78 is 5.43. The molecule has 0 heterocycles. The highest BCUT2D eigenvalue weighted by Crippen LogP contribution is 2.34. The van der Waals surface area contributed by atoms with Gasteiger partial charge in [-0.3, -0.25) is 0 Å². The van der Waals surface area contributed by atoms with Crippen molar-refractivity contribution >= 4 is 27.5 Å². The van der Waals surface area contributed by atoms with Gasteiger partial charge in [0.1, 0.15) is 5.75 Å². The molecule has 3 heteroatoms. The monoisotopic (exact) mass is 338 g/mol. The molecule has 1 unspecified atom stereocenters. The standard InChI is InChI=1S/C16H16BrClO/c1-11-6-7-16(19-2)14(8-11)15(17)10-12-4-3-5-13(18)9-12/h3-9,15H,10H2,1-2H3. The Hall–Kier alpha value is -0.990. The quantitative estimate of drug-likeness (QED) is 0.684. The molecular weight excluding hydrogens is 324 g/mol. The van der Waals surface area contributed by atoms with E-state index in [2.05, 4.69) is 41.1 Å². The van der Waals surface area contributed by atoms with Crippen LogP contribution in [0.2, 0.25) is 5.02 Å². The van der Waals surface area contributed by atoms with Crippen molar-refractivity contribution in [3.8, 4) is 5.75 Å². The van der Waals surface area contributed by atoms with E-state index in [1.807, 2.05) is 24.3 Å². The summed E-state index contributed by atoms with van der Waals surface area (Å²) >= 11 is 9.77. The summed E-state index contributed by atoms with van der Waals surface area (Å²) in [6, 6.07) is 14.2. The van der Waals surface area contributed by atoms with Gasteiger partial charge in [0.05, 0.1) is 7.11 Å². The maximum Gasteiger partial charge on any atom is 0.123 e. The number of ether oxygens (including phenoxy) is 1. The highest BCUT2D eigenvalue weighted by molar-refractivity contribution is 9.09. The van der Waals surface area contributed by atoms with Crippen LogP contribution in [-0.2, 0) is 6.42 Å². The van der Waals surface area contributed by atoms with Crippen LogP contribution in [0.4, 0.5) is 0 Å². The molecule has 0 saturated carbocycles. The third-order valence-electron chi connectivity index (χ3n) is 3.03. The Kier molecular flexibility index (Phi) is 4.89. The van der Waals surface area contributed by atoms with Crippen molar-refractivity contribution in [1.29, 1.82) is 0 Å². The van der Waals surface area contributed by atoms with Crippen LogP contribution in [0, 0.1) is 6.92 Å². The minimum absolute atomic E-state index is 0.209. The number of hydrogen-bond donors (Lipinski definition) is 0. The lowest BCUT2D eigenvalue weighted by Gasteiger charge is -2.15. The Morgan fingerprint density at radius 3 is 2.68 bits per heavy atom. The second-order valence-electron chi connectivity index (χ2n) is 4.55. The predicted molar refractivity (Wildman–Crippen MR) is 84.6 cm³/mol. The molecule has 2 aromatic rings.